The zero-order valence-corrected chi connectivity index (χ0v) is 6.06. The zero-order valence-electron chi connectivity index (χ0n) is 5.24. The first-order valence-corrected chi connectivity index (χ1v) is 3.83. The first kappa shape index (κ1) is 5.92. The largest absolute Gasteiger partial charge is 0.256 e. The fourth-order valence-corrected chi connectivity index (χ4v) is 1.69. The van der Waals surface area contributed by atoms with Gasteiger partial charge in [-0.05, 0) is 17.5 Å². The Balaban J connectivity index is 2.93. The van der Waals surface area contributed by atoms with E-state index in [-0.39, 0.29) is 0 Å². The molecule has 0 saturated heterocycles. The van der Waals surface area contributed by atoms with Crippen LogP contribution in [0, 0.1) is 0 Å². The highest BCUT2D eigenvalue weighted by Gasteiger charge is 1.96. The molecule has 2 heterocycles. The van der Waals surface area contributed by atoms with Crippen molar-refractivity contribution in [2.24, 2.45) is 0 Å². The van der Waals surface area contributed by atoms with Crippen molar-refractivity contribution in [1.82, 2.24) is 4.98 Å². The molecular weight excluding hydrogens is 141 g/mol. The van der Waals surface area contributed by atoms with Crippen molar-refractivity contribution in [2.45, 2.75) is 0 Å². The molecule has 0 atom stereocenters. The molecule has 0 aliphatic rings. The van der Waals surface area contributed by atoms with Crippen LogP contribution in [-0.2, 0) is 0 Å². The Morgan fingerprint density at radius 3 is 3.20 bits per heavy atom. The average Bonchev–Trinajstić information content (AvgIpc) is 2.34. The van der Waals surface area contributed by atoms with Gasteiger partial charge in [0.05, 0.1) is 10.2 Å². The SMILES string of the molecule is [B]c1csc2cccnc12. The molecule has 0 fully saturated rings. The lowest BCUT2D eigenvalue weighted by molar-refractivity contribution is 1.44. The minimum absolute atomic E-state index is 0.778. The van der Waals surface area contributed by atoms with Crippen molar-refractivity contribution in [2.75, 3.05) is 0 Å². The van der Waals surface area contributed by atoms with Gasteiger partial charge in [0.25, 0.3) is 0 Å². The summed E-state index contributed by atoms with van der Waals surface area (Å²) in [7, 11) is 5.62. The summed E-state index contributed by atoms with van der Waals surface area (Å²) in [6.45, 7) is 0. The normalized spacial score (nSPS) is 10.4. The van der Waals surface area contributed by atoms with Crippen molar-refractivity contribution in [3.63, 3.8) is 0 Å². The van der Waals surface area contributed by atoms with E-state index in [9.17, 15) is 0 Å². The summed E-state index contributed by atoms with van der Waals surface area (Å²) in [6.07, 6.45) is 1.76. The number of aromatic nitrogens is 1. The van der Waals surface area contributed by atoms with Crippen molar-refractivity contribution in [3.05, 3.63) is 23.7 Å². The van der Waals surface area contributed by atoms with Gasteiger partial charge in [0.15, 0.2) is 0 Å². The smallest absolute Gasteiger partial charge is 0.118 e. The fraction of sp³-hybridized carbons (Fsp3) is 0. The van der Waals surface area contributed by atoms with Gasteiger partial charge in [-0.3, -0.25) is 4.98 Å². The van der Waals surface area contributed by atoms with Gasteiger partial charge >= 0.3 is 0 Å². The van der Waals surface area contributed by atoms with Crippen LogP contribution in [0.2, 0.25) is 0 Å². The molecule has 2 aromatic heterocycles. The maximum atomic E-state index is 5.62. The van der Waals surface area contributed by atoms with Gasteiger partial charge in [-0.1, -0.05) is 5.46 Å². The van der Waals surface area contributed by atoms with Gasteiger partial charge in [0.1, 0.15) is 7.85 Å². The third-order valence-corrected chi connectivity index (χ3v) is 2.31. The molecule has 0 bridgehead atoms. The average molecular weight is 145 g/mol. The molecule has 2 aromatic rings. The van der Waals surface area contributed by atoms with Crippen molar-refractivity contribution >= 4 is 34.9 Å². The summed E-state index contributed by atoms with van der Waals surface area (Å²) in [5.74, 6) is 0. The number of fused-ring (bicyclic) bond motifs is 1. The van der Waals surface area contributed by atoms with Crippen molar-refractivity contribution in [1.29, 1.82) is 0 Å². The predicted octanol–water partition coefficient (Wildman–Crippen LogP) is 1.09. The maximum absolute atomic E-state index is 5.62. The van der Waals surface area contributed by atoms with Crippen LogP contribution in [-0.4, -0.2) is 12.8 Å². The molecule has 2 radical (unpaired) electrons. The monoisotopic (exact) mass is 145 g/mol. The second-order valence-corrected chi connectivity index (χ2v) is 2.95. The molecule has 0 amide bonds. The van der Waals surface area contributed by atoms with Gasteiger partial charge in [-0.15, -0.1) is 11.3 Å². The topological polar surface area (TPSA) is 12.9 Å². The molecule has 0 aromatic carbocycles. The van der Waals surface area contributed by atoms with E-state index in [2.05, 4.69) is 4.98 Å². The Morgan fingerprint density at radius 2 is 2.40 bits per heavy atom. The van der Waals surface area contributed by atoms with Crippen LogP contribution in [0.5, 0.6) is 0 Å². The fourth-order valence-electron chi connectivity index (χ4n) is 0.885. The molecule has 10 heavy (non-hydrogen) atoms. The Kier molecular flexibility index (Phi) is 1.24. The van der Waals surface area contributed by atoms with Gasteiger partial charge in [-0.2, -0.15) is 0 Å². The second kappa shape index (κ2) is 2.09. The lowest BCUT2D eigenvalue weighted by atomic mass is 9.99. The lowest BCUT2D eigenvalue weighted by Crippen LogP contribution is -1.98. The standard InChI is InChI=1S/C7H4BNS/c8-5-4-10-6-2-1-3-9-7(5)6/h1-4H. The molecular formula is C7H4BNS. The summed E-state index contributed by atoms with van der Waals surface area (Å²) < 4.78 is 1.15. The van der Waals surface area contributed by atoms with Crippen LogP contribution in [0.4, 0.5) is 0 Å². The van der Waals surface area contributed by atoms with Gasteiger partial charge in [-0.25, -0.2) is 0 Å². The highest BCUT2D eigenvalue weighted by atomic mass is 32.1. The van der Waals surface area contributed by atoms with Gasteiger partial charge < -0.3 is 0 Å². The molecule has 0 aliphatic heterocycles. The minimum atomic E-state index is 0.778. The lowest BCUT2D eigenvalue weighted by Gasteiger charge is -1.86. The van der Waals surface area contributed by atoms with E-state index in [0.717, 1.165) is 15.7 Å². The number of hydrogen-bond donors (Lipinski definition) is 0. The Bertz CT molecular complexity index is 355. The first-order valence-electron chi connectivity index (χ1n) is 2.95. The van der Waals surface area contributed by atoms with E-state index in [1.54, 1.807) is 17.5 Å². The zero-order chi connectivity index (χ0) is 6.97. The highest BCUT2D eigenvalue weighted by molar-refractivity contribution is 7.18. The third-order valence-electron chi connectivity index (χ3n) is 1.36. The van der Waals surface area contributed by atoms with E-state index >= 15 is 0 Å². The maximum Gasteiger partial charge on any atom is 0.118 e. The molecule has 46 valence electrons. The van der Waals surface area contributed by atoms with Crippen LogP contribution in [0.1, 0.15) is 0 Å². The number of hydrogen-bond acceptors (Lipinski definition) is 2. The molecule has 0 unspecified atom stereocenters. The van der Waals surface area contributed by atoms with E-state index in [1.807, 2.05) is 17.5 Å². The van der Waals surface area contributed by atoms with Crippen molar-refractivity contribution < 1.29 is 0 Å². The summed E-state index contributed by atoms with van der Waals surface area (Å²) in [4.78, 5) is 4.13. The summed E-state index contributed by atoms with van der Waals surface area (Å²) in [6, 6.07) is 3.93. The molecule has 2 rings (SSSR count). The van der Waals surface area contributed by atoms with E-state index in [4.69, 9.17) is 7.85 Å². The van der Waals surface area contributed by atoms with Crippen LogP contribution in [0.3, 0.4) is 0 Å². The summed E-state index contributed by atoms with van der Waals surface area (Å²) in [5, 5.41) is 1.91. The van der Waals surface area contributed by atoms with Crippen LogP contribution < -0.4 is 5.46 Å². The predicted molar refractivity (Wildman–Crippen MR) is 45.0 cm³/mol. The van der Waals surface area contributed by atoms with Crippen molar-refractivity contribution in [3.8, 4) is 0 Å². The summed E-state index contributed by atoms with van der Waals surface area (Å²) >= 11 is 1.63. The number of rotatable bonds is 0. The Hall–Kier alpha value is -0.825. The first-order chi connectivity index (χ1) is 4.88. The molecule has 0 spiro atoms. The number of thiophene rings is 1. The molecule has 0 aliphatic carbocycles. The van der Waals surface area contributed by atoms with Crippen LogP contribution >= 0.6 is 11.3 Å². The molecule has 1 nitrogen and oxygen atoms in total. The molecule has 0 N–H and O–H groups in total. The quantitative estimate of drug-likeness (QED) is 0.505. The number of pyridine rings is 1. The highest BCUT2D eigenvalue weighted by Crippen LogP contribution is 2.13. The van der Waals surface area contributed by atoms with Gasteiger partial charge in [0.2, 0.25) is 0 Å². The Labute approximate surface area is 64.1 Å². The van der Waals surface area contributed by atoms with E-state index in [0.29, 0.717) is 0 Å². The summed E-state index contributed by atoms with van der Waals surface area (Å²) in [5.41, 5.74) is 1.70. The van der Waals surface area contributed by atoms with Crippen LogP contribution in [0.15, 0.2) is 23.7 Å². The molecule has 3 heteroatoms. The van der Waals surface area contributed by atoms with E-state index in [1.165, 1.54) is 0 Å². The Morgan fingerprint density at radius 1 is 1.50 bits per heavy atom. The van der Waals surface area contributed by atoms with Gasteiger partial charge in [0, 0.05) is 6.20 Å². The molecule has 0 saturated carbocycles. The third kappa shape index (κ3) is 0.744. The minimum Gasteiger partial charge on any atom is -0.256 e. The number of nitrogens with zero attached hydrogens (tertiary/aromatic N) is 1. The second-order valence-electron chi connectivity index (χ2n) is 2.04. The van der Waals surface area contributed by atoms with E-state index < -0.39 is 0 Å². The van der Waals surface area contributed by atoms with Crippen LogP contribution in [0.25, 0.3) is 10.2 Å².